The molecule has 0 fully saturated rings. The normalized spacial score (nSPS) is 11.0. The molecule has 3 aromatic carbocycles. The zero-order chi connectivity index (χ0) is 19.9. The standard InChI is InChI=1S/C23H23N5O/c1-18-7-5-8-19(13-18)15-28(17-23-24-26-27-25-23)16-20-9-6-12-22(14-20)29-21-10-3-2-4-11-21/h2-14H,15-17H2,1H3,(H,24,25,26,27). The van der Waals surface area contributed by atoms with E-state index in [9.17, 15) is 0 Å². The number of aryl methyl sites for hydroxylation is 1. The Morgan fingerprint density at radius 1 is 0.793 bits per heavy atom. The van der Waals surface area contributed by atoms with Gasteiger partial charge in [0.2, 0.25) is 0 Å². The number of nitrogens with one attached hydrogen (secondary N) is 1. The molecule has 0 saturated carbocycles. The van der Waals surface area contributed by atoms with E-state index in [0.717, 1.165) is 30.4 Å². The molecule has 0 aliphatic heterocycles. The number of aromatic amines is 1. The number of benzene rings is 3. The Morgan fingerprint density at radius 3 is 2.24 bits per heavy atom. The summed E-state index contributed by atoms with van der Waals surface area (Å²) in [5.74, 6) is 2.40. The van der Waals surface area contributed by atoms with Crippen LogP contribution < -0.4 is 4.74 Å². The van der Waals surface area contributed by atoms with Gasteiger partial charge in [-0.25, -0.2) is 5.10 Å². The molecule has 4 rings (SSSR count). The van der Waals surface area contributed by atoms with Crippen molar-refractivity contribution in [1.29, 1.82) is 0 Å². The Kier molecular flexibility index (Phi) is 5.92. The predicted molar refractivity (Wildman–Crippen MR) is 111 cm³/mol. The van der Waals surface area contributed by atoms with Crippen molar-refractivity contribution in [1.82, 2.24) is 25.5 Å². The summed E-state index contributed by atoms with van der Waals surface area (Å²) in [5, 5.41) is 14.3. The van der Waals surface area contributed by atoms with Crippen molar-refractivity contribution in [2.24, 2.45) is 0 Å². The second-order valence-electron chi connectivity index (χ2n) is 7.04. The molecular formula is C23H23N5O. The first kappa shape index (κ1) is 18.8. The van der Waals surface area contributed by atoms with Gasteiger partial charge in [-0.15, -0.1) is 5.10 Å². The fourth-order valence-electron chi connectivity index (χ4n) is 3.28. The van der Waals surface area contributed by atoms with Gasteiger partial charge in [0.05, 0.1) is 6.54 Å². The second kappa shape index (κ2) is 9.12. The molecule has 1 N–H and O–H groups in total. The number of aromatic nitrogens is 4. The highest BCUT2D eigenvalue weighted by Crippen LogP contribution is 2.23. The lowest BCUT2D eigenvalue weighted by Crippen LogP contribution is -2.23. The SMILES string of the molecule is Cc1cccc(CN(Cc2cccc(Oc3ccccc3)c2)Cc2nnn[nH]2)c1. The summed E-state index contributed by atoms with van der Waals surface area (Å²) in [6.45, 7) is 4.29. The highest BCUT2D eigenvalue weighted by atomic mass is 16.5. The van der Waals surface area contributed by atoms with Crippen molar-refractivity contribution in [2.75, 3.05) is 0 Å². The third-order valence-electron chi connectivity index (χ3n) is 4.53. The highest BCUT2D eigenvalue weighted by Gasteiger charge is 2.11. The molecule has 6 heteroatoms. The Hall–Kier alpha value is -3.51. The third-order valence-corrected chi connectivity index (χ3v) is 4.53. The fraction of sp³-hybridized carbons (Fsp3) is 0.174. The van der Waals surface area contributed by atoms with Gasteiger partial charge in [-0.1, -0.05) is 60.2 Å². The molecule has 0 radical (unpaired) electrons. The van der Waals surface area contributed by atoms with Crippen LogP contribution in [0.4, 0.5) is 0 Å². The number of H-pyrrole nitrogens is 1. The largest absolute Gasteiger partial charge is 0.457 e. The summed E-state index contributed by atoms with van der Waals surface area (Å²) in [7, 11) is 0. The van der Waals surface area contributed by atoms with Crippen molar-refractivity contribution in [3.63, 3.8) is 0 Å². The van der Waals surface area contributed by atoms with Gasteiger partial charge >= 0.3 is 0 Å². The third kappa shape index (κ3) is 5.49. The van der Waals surface area contributed by atoms with Crippen molar-refractivity contribution < 1.29 is 4.74 Å². The highest BCUT2D eigenvalue weighted by molar-refractivity contribution is 5.34. The molecule has 0 unspecified atom stereocenters. The van der Waals surface area contributed by atoms with Crippen LogP contribution in [-0.4, -0.2) is 25.5 Å². The summed E-state index contributed by atoms with van der Waals surface area (Å²) in [6.07, 6.45) is 0. The Bertz CT molecular complexity index is 1030. The van der Waals surface area contributed by atoms with Gasteiger partial charge < -0.3 is 4.74 Å². The first-order chi connectivity index (χ1) is 14.2. The molecule has 146 valence electrons. The molecule has 6 nitrogen and oxygen atoms in total. The monoisotopic (exact) mass is 385 g/mol. The van der Waals surface area contributed by atoms with Crippen LogP contribution in [0.2, 0.25) is 0 Å². The zero-order valence-corrected chi connectivity index (χ0v) is 16.3. The minimum Gasteiger partial charge on any atom is -0.457 e. The number of nitrogens with zero attached hydrogens (tertiary/aromatic N) is 4. The number of ether oxygens (including phenoxy) is 1. The van der Waals surface area contributed by atoms with Crippen molar-refractivity contribution in [3.05, 3.63) is 101 Å². The second-order valence-corrected chi connectivity index (χ2v) is 7.04. The lowest BCUT2D eigenvalue weighted by molar-refractivity contribution is 0.241. The first-order valence-electron chi connectivity index (χ1n) is 9.57. The molecule has 29 heavy (non-hydrogen) atoms. The van der Waals surface area contributed by atoms with E-state index in [-0.39, 0.29) is 0 Å². The fourth-order valence-corrected chi connectivity index (χ4v) is 3.28. The Balaban J connectivity index is 1.51. The van der Waals surface area contributed by atoms with Gasteiger partial charge in [-0.2, -0.15) is 0 Å². The van der Waals surface area contributed by atoms with E-state index in [4.69, 9.17) is 4.74 Å². The molecule has 1 aromatic heterocycles. The molecule has 4 aromatic rings. The van der Waals surface area contributed by atoms with E-state index in [1.54, 1.807) is 0 Å². The molecule has 1 heterocycles. The first-order valence-corrected chi connectivity index (χ1v) is 9.57. The maximum Gasteiger partial charge on any atom is 0.162 e. The Morgan fingerprint density at radius 2 is 1.52 bits per heavy atom. The van der Waals surface area contributed by atoms with Gasteiger partial charge in [-0.05, 0) is 52.7 Å². The van der Waals surface area contributed by atoms with Crippen LogP contribution in [0.5, 0.6) is 11.5 Å². The molecule has 0 amide bonds. The number of rotatable bonds is 8. The zero-order valence-electron chi connectivity index (χ0n) is 16.3. The van der Waals surface area contributed by atoms with E-state index < -0.39 is 0 Å². The Labute approximate surface area is 170 Å². The van der Waals surface area contributed by atoms with E-state index in [0.29, 0.717) is 6.54 Å². The van der Waals surface area contributed by atoms with E-state index >= 15 is 0 Å². The van der Waals surface area contributed by atoms with Crippen LogP contribution in [0.1, 0.15) is 22.5 Å². The van der Waals surface area contributed by atoms with E-state index in [1.807, 2.05) is 42.5 Å². The van der Waals surface area contributed by atoms with Gasteiger partial charge in [0.15, 0.2) is 5.82 Å². The predicted octanol–water partition coefficient (Wildman–Crippen LogP) is 4.50. The molecule has 0 aliphatic rings. The van der Waals surface area contributed by atoms with Gasteiger partial charge in [0, 0.05) is 13.1 Å². The number of hydrogen-bond acceptors (Lipinski definition) is 5. The number of hydrogen-bond donors (Lipinski definition) is 1. The van der Waals surface area contributed by atoms with Crippen LogP contribution in [-0.2, 0) is 19.6 Å². The van der Waals surface area contributed by atoms with E-state index in [2.05, 4.69) is 68.8 Å². The summed E-state index contributed by atoms with van der Waals surface area (Å²) in [5.41, 5.74) is 3.68. The molecule has 0 spiro atoms. The lowest BCUT2D eigenvalue weighted by Gasteiger charge is -2.22. The smallest absolute Gasteiger partial charge is 0.162 e. The van der Waals surface area contributed by atoms with Crippen molar-refractivity contribution >= 4 is 0 Å². The summed E-state index contributed by atoms with van der Waals surface area (Å²) in [4.78, 5) is 2.30. The average molecular weight is 385 g/mol. The summed E-state index contributed by atoms with van der Waals surface area (Å²) in [6, 6.07) is 26.6. The summed E-state index contributed by atoms with van der Waals surface area (Å²) < 4.78 is 5.98. The molecule has 0 atom stereocenters. The maximum atomic E-state index is 5.98. The van der Waals surface area contributed by atoms with Crippen LogP contribution >= 0.6 is 0 Å². The van der Waals surface area contributed by atoms with Crippen LogP contribution in [0, 0.1) is 6.92 Å². The van der Waals surface area contributed by atoms with E-state index in [1.165, 1.54) is 16.7 Å². The molecule has 0 aliphatic carbocycles. The number of para-hydroxylation sites is 1. The van der Waals surface area contributed by atoms with Crippen LogP contribution in [0.15, 0.2) is 78.9 Å². The molecule has 0 saturated heterocycles. The van der Waals surface area contributed by atoms with Crippen LogP contribution in [0.25, 0.3) is 0 Å². The minimum atomic E-state index is 0.630. The van der Waals surface area contributed by atoms with Crippen molar-refractivity contribution in [3.8, 4) is 11.5 Å². The minimum absolute atomic E-state index is 0.630. The lowest BCUT2D eigenvalue weighted by atomic mass is 10.1. The molecular weight excluding hydrogens is 362 g/mol. The number of tetrazole rings is 1. The topological polar surface area (TPSA) is 66.9 Å². The van der Waals surface area contributed by atoms with Crippen molar-refractivity contribution in [2.45, 2.75) is 26.6 Å². The summed E-state index contributed by atoms with van der Waals surface area (Å²) >= 11 is 0. The van der Waals surface area contributed by atoms with Gasteiger partial charge in [0.1, 0.15) is 11.5 Å². The van der Waals surface area contributed by atoms with Gasteiger partial charge in [-0.3, -0.25) is 4.90 Å². The van der Waals surface area contributed by atoms with Gasteiger partial charge in [0.25, 0.3) is 0 Å². The maximum absolute atomic E-state index is 5.98. The average Bonchev–Trinajstić information content (AvgIpc) is 3.22. The quantitative estimate of drug-likeness (QED) is 0.484. The molecule has 0 bridgehead atoms. The van der Waals surface area contributed by atoms with Crippen LogP contribution in [0.3, 0.4) is 0 Å².